The minimum absolute atomic E-state index is 0.0539. The van der Waals surface area contributed by atoms with E-state index in [1.54, 1.807) is 38.4 Å². The summed E-state index contributed by atoms with van der Waals surface area (Å²) in [5.41, 5.74) is 1.60. The van der Waals surface area contributed by atoms with Gasteiger partial charge in [0.1, 0.15) is 0 Å². The number of para-hydroxylation sites is 1. The van der Waals surface area contributed by atoms with E-state index in [2.05, 4.69) is 0 Å². The van der Waals surface area contributed by atoms with Gasteiger partial charge in [-0.15, -0.1) is 0 Å². The molecule has 0 aliphatic carbocycles. The van der Waals surface area contributed by atoms with E-state index < -0.39 is 0 Å². The molecule has 1 amide bonds. The minimum atomic E-state index is -0.138. The standard InChI is InChI=1S/C18H19NO5/c1-21-14-8-7-13(9-16(14)23-3)19-10-12-5-4-6-15(22-2)18(12)24-11-17(19)20/h4-9H,10-11H2,1-3H3. The number of hydrogen-bond acceptors (Lipinski definition) is 5. The number of ether oxygens (including phenoxy) is 4. The largest absolute Gasteiger partial charge is 0.493 e. The van der Waals surface area contributed by atoms with Crippen LogP contribution in [-0.2, 0) is 11.3 Å². The molecule has 6 nitrogen and oxygen atoms in total. The van der Waals surface area contributed by atoms with Crippen molar-refractivity contribution in [2.75, 3.05) is 32.8 Å². The van der Waals surface area contributed by atoms with Crippen LogP contribution in [0.5, 0.6) is 23.0 Å². The molecule has 0 bridgehead atoms. The van der Waals surface area contributed by atoms with E-state index >= 15 is 0 Å². The first-order valence-electron chi connectivity index (χ1n) is 7.49. The van der Waals surface area contributed by atoms with Crippen molar-refractivity contribution in [3.05, 3.63) is 42.0 Å². The first-order valence-corrected chi connectivity index (χ1v) is 7.49. The maximum atomic E-state index is 12.5. The minimum Gasteiger partial charge on any atom is -0.493 e. The summed E-state index contributed by atoms with van der Waals surface area (Å²) >= 11 is 0. The van der Waals surface area contributed by atoms with Gasteiger partial charge in [-0.3, -0.25) is 4.79 Å². The Morgan fingerprint density at radius 1 is 0.958 bits per heavy atom. The molecule has 24 heavy (non-hydrogen) atoms. The van der Waals surface area contributed by atoms with E-state index in [1.807, 2.05) is 24.3 Å². The van der Waals surface area contributed by atoms with Crippen LogP contribution >= 0.6 is 0 Å². The summed E-state index contributed by atoms with van der Waals surface area (Å²) in [5.74, 6) is 2.27. The molecular weight excluding hydrogens is 310 g/mol. The SMILES string of the molecule is COc1ccc(N2Cc3cccc(OC)c3OCC2=O)cc1OC. The van der Waals surface area contributed by atoms with E-state index in [1.165, 1.54) is 0 Å². The van der Waals surface area contributed by atoms with E-state index in [0.717, 1.165) is 11.3 Å². The average Bonchev–Trinajstić information content (AvgIpc) is 2.80. The summed E-state index contributed by atoms with van der Waals surface area (Å²) in [6, 6.07) is 11.0. The van der Waals surface area contributed by atoms with Crippen LogP contribution in [0.15, 0.2) is 36.4 Å². The number of rotatable bonds is 4. The molecule has 0 unspecified atom stereocenters. The first-order chi connectivity index (χ1) is 11.7. The second-order valence-corrected chi connectivity index (χ2v) is 5.26. The van der Waals surface area contributed by atoms with Crippen LogP contribution in [0.1, 0.15) is 5.56 Å². The Bertz CT molecular complexity index is 759. The molecule has 1 aliphatic rings. The van der Waals surface area contributed by atoms with Gasteiger partial charge in [-0.05, 0) is 18.2 Å². The van der Waals surface area contributed by atoms with Gasteiger partial charge in [-0.1, -0.05) is 12.1 Å². The van der Waals surface area contributed by atoms with Gasteiger partial charge in [0.05, 0.1) is 27.9 Å². The molecular formula is C18H19NO5. The third-order valence-corrected chi connectivity index (χ3v) is 3.93. The Kier molecular flexibility index (Phi) is 4.46. The number of benzene rings is 2. The smallest absolute Gasteiger partial charge is 0.265 e. The quantitative estimate of drug-likeness (QED) is 0.863. The number of nitrogens with zero attached hydrogens (tertiary/aromatic N) is 1. The normalized spacial score (nSPS) is 13.6. The van der Waals surface area contributed by atoms with E-state index in [4.69, 9.17) is 18.9 Å². The zero-order valence-corrected chi connectivity index (χ0v) is 13.9. The van der Waals surface area contributed by atoms with Crippen LogP contribution in [0.25, 0.3) is 0 Å². The lowest BCUT2D eigenvalue weighted by atomic mass is 10.1. The first kappa shape index (κ1) is 16.0. The van der Waals surface area contributed by atoms with Crippen molar-refractivity contribution in [2.45, 2.75) is 6.54 Å². The molecule has 0 N–H and O–H groups in total. The fourth-order valence-electron chi connectivity index (χ4n) is 2.71. The maximum Gasteiger partial charge on any atom is 0.265 e. The zero-order valence-electron chi connectivity index (χ0n) is 13.9. The van der Waals surface area contributed by atoms with Crippen LogP contribution in [-0.4, -0.2) is 33.8 Å². The van der Waals surface area contributed by atoms with Crippen LogP contribution in [0.3, 0.4) is 0 Å². The highest BCUT2D eigenvalue weighted by molar-refractivity contribution is 5.95. The molecule has 2 aromatic carbocycles. The Morgan fingerprint density at radius 2 is 1.71 bits per heavy atom. The topological polar surface area (TPSA) is 57.2 Å². The summed E-state index contributed by atoms with van der Waals surface area (Å²) in [6.07, 6.45) is 0. The molecule has 0 radical (unpaired) electrons. The highest BCUT2D eigenvalue weighted by Crippen LogP contribution is 2.37. The van der Waals surface area contributed by atoms with Gasteiger partial charge in [0.2, 0.25) is 0 Å². The fraction of sp³-hybridized carbons (Fsp3) is 0.278. The number of carbonyl (C=O) groups is 1. The zero-order chi connectivity index (χ0) is 17.1. The number of hydrogen-bond donors (Lipinski definition) is 0. The predicted octanol–water partition coefficient (Wildman–Crippen LogP) is 2.64. The molecule has 0 saturated carbocycles. The van der Waals surface area contributed by atoms with Crippen LogP contribution < -0.4 is 23.8 Å². The van der Waals surface area contributed by atoms with Gasteiger partial charge >= 0.3 is 0 Å². The molecule has 0 atom stereocenters. The molecule has 1 heterocycles. The molecule has 2 aromatic rings. The molecule has 0 spiro atoms. The Hall–Kier alpha value is -2.89. The van der Waals surface area contributed by atoms with Gasteiger partial charge in [0.25, 0.3) is 5.91 Å². The molecule has 126 valence electrons. The molecule has 1 aliphatic heterocycles. The monoisotopic (exact) mass is 329 g/mol. The van der Waals surface area contributed by atoms with Gasteiger partial charge in [-0.25, -0.2) is 0 Å². The third-order valence-electron chi connectivity index (χ3n) is 3.93. The van der Waals surface area contributed by atoms with E-state index in [9.17, 15) is 4.79 Å². The molecule has 0 fully saturated rings. The number of carbonyl (C=O) groups excluding carboxylic acids is 1. The fourth-order valence-corrected chi connectivity index (χ4v) is 2.71. The lowest BCUT2D eigenvalue weighted by Crippen LogP contribution is -2.32. The van der Waals surface area contributed by atoms with E-state index in [0.29, 0.717) is 29.5 Å². The predicted molar refractivity (Wildman–Crippen MR) is 89.2 cm³/mol. The molecule has 3 rings (SSSR count). The maximum absolute atomic E-state index is 12.5. The molecule has 0 saturated heterocycles. The highest BCUT2D eigenvalue weighted by atomic mass is 16.5. The number of methoxy groups -OCH3 is 3. The Balaban J connectivity index is 2.00. The van der Waals surface area contributed by atoms with Crippen molar-refractivity contribution in [3.8, 4) is 23.0 Å². The van der Waals surface area contributed by atoms with Crippen molar-refractivity contribution in [3.63, 3.8) is 0 Å². The number of amides is 1. The average molecular weight is 329 g/mol. The highest BCUT2D eigenvalue weighted by Gasteiger charge is 2.25. The Labute approximate surface area is 140 Å². The van der Waals surface area contributed by atoms with Crippen molar-refractivity contribution in [1.29, 1.82) is 0 Å². The second kappa shape index (κ2) is 6.70. The number of fused-ring (bicyclic) bond motifs is 1. The number of anilines is 1. The van der Waals surface area contributed by atoms with Crippen molar-refractivity contribution < 1.29 is 23.7 Å². The Morgan fingerprint density at radius 3 is 2.42 bits per heavy atom. The molecule has 0 aromatic heterocycles. The van der Waals surface area contributed by atoms with Gasteiger partial charge < -0.3 is 23.8 Å². The molecule has 6 heteroatoms. The van der Waals surface area contributed by atoms with Gasteiger partial charge in [0.15, 0.2) is 29.6 Å². The summed E-state index contributed by atoms with van der Waals surface area (Å²) < 4.78 is 21.6. The lowest BCUT2D eigenvalue weighted by molar-refractivity contribution is -0.120. The van der Waals surface area contributed by atoms with Gasteiger partial charge in [-0.2, -0.15) is 0 Å². The van der Waals surface area contributed by atoms with Crippen LogP contribution in [0.2, 0.25) is 0 Å². The van der Waals surface area contributed by atoms with Crippen LogP contribution in [0.4, 0.5) is 5.69 Å². The van der Waals surface area contributed by atoms with Crippen LogP contribution in [0, 0.1) is 0 Å². The van der Waals surface area contributed by atoms with E-state index in [-0.39, 0.29) is 12.5 Å². The summed E-state index contributed by atoms with van der Waals surface area (Å²) in [6.45, 7) is 0.336. The summed E-state index contributed by atoms with van der Waals surface area (Å²) in [5, 5.41) is 0. The van der Waals surface area contributed by atoms with Crippen molar-refractivity contribution >= 4 is 11.6 Å². The second-order valence-electron chi connectivity index (χ2n) is 5.26. The lowest BCUT2D eigenvalue weighted by Gasteiger charge is -2.21. The third kappa shape index (κ3) is 2.82. The van der Waals surface area contributed by atoms with Crippen molar-refractivity contribution in [2.24, 2.45) is 0 Å². The van der Waals surface area contributed by atoms with Crippen molar-refractivity contribution in [1.82, 2.24) is 0 Å². The summed E-state index contributed by atoms with van der Waals surface area (Å²) in [7, 11) is 4.72. The summed E-state index contributed by atoms with van der Waals surface area (Å²) in [4.78, 5) is 14.2. The van der Waals surface area contributed by atoms with Gasteiger partial charge in [0, 0.05) is 17.3 Å².